The molecule has 1 N–H and O–H groups in total. The van der Waals surface area contributed by atoms with Crippen molar-refractivity contribution in [3.05, 3.63) is 101 Å². The van der Waals surface area contributed by atoms with Gasteiger partial charge >= 0.3 is 0 Å². The molecule has 0 spiro atoms. The first kappa shape index (κ1) is 21.2. The predicted octanol–water partition coefficient (Wildman–Crippen LogP) is 5.19. The number of sulfonamides is 1. The standard InChI is InChI=1S/C24H22N2O3S2/c1-18-6-5-9-22(16-18)26-23(27)17-30-24(26)20-10-12-21(13-11-20)25-31(28,29)15-14-19-7-3-2-4-8-19/h2-16,24-25H,17H2,1H3/b15-14+. The highest BCUT2D eigenvalue weighted by Crippen LogP contribution is 2.42. The van der Waals surface area contributed by atoms with Gasteiger partial charge in [0, 0.05) is 11.4 Å². The Hall–Kier alpha value is -3.03. The van der Waals surface area contributed by atoms with E-state index in [2.05, 4.69) is 4.72 Å². The lowest BCUT2D eigenvalue weighted by Crippen LogP contribution is -2.27. The molecule has 1 unspecified atom stereocenters. The maximum Gasteiger partial charge on any atom is 0.255 e. The Labute approximate surface area is 186 Å². The van der Waals surface area contributed by atoms with Crippen molar-refractivity contribution in [2.24, 2.45) is 0 Å². The molecule has 3 aromatic rings. The van der Waals surface area contributed by atoms with Gasteiger partial charge in [0.2, 0.25) is 5.91 Å². The molecule has 1 fully saturated rings. The maximum absolute atomic E-state index is 12.5. The Morgan fingerprint density at radius 2 is 1.74 bits per heavy atom. The van der Waals surface area contributed by atoms with Crippen LogP contribution in [0.3, 0.4) is 0 Å². The van der Waals surface area contributed by atoms with E-state index < -0.39 is 10.0 Å². The number of nitrogens with one attached hydrogen (secondary N) is 1. The smallest absolute Gasteiger partial charge is 0.255 e. The molecule has 0 saturated carbocycles. The molecule has 1 atom stereocenters. The van der Waals surface area contributed by atoms with Crippen LogP contribution in [-0.2, 0) is 14.8 Å². The van der Waals surface area contributed by atoms with Gasteiger partial charge in [-0.05, 0) is 54.0 Å². The SMILES string of the molecule is Cc1cccc(N2C(=O)CSC2c2ccc(NS(=O)(=O)/C=C/c3ccccc3)cc2)c1. The Bertz CT molecular complexity index is 1210. The van der Waals surface area contributed by atoms with Gasteiger partial charge in [-0.1, -0.05) is 54.6 Å². The summed E-state index contributed by atoms with van der Waals surface area (Å²) in [5.41, 5.74) is 4.19. The molecule has 1 aliphatic rings. The largest absolute Gasteiger partial charge is 0.295 e. The second-order valence-electron chi connectivity index (χ2n) is 7.25. The van der Waals surface area contributed by atoms with Crippen molar-refractivity contribution in [2.45, 2.75) is 12.3 Å². The molecule has 7 heteroatoms. The molecule has 3 aromatic carbocycles. The van der Waals surface area contributed by atoms with Crippen molar-refractivity contribution in [2.75, 3.05) is 15.4 Å². The Morgan fingerprint density at radius 3 is 2.45 bits per heavy atom. The quantitative estimate of drug-likeness (QED) is 0.562. The van der Waals surface area contributed by atoms with Gasteiger partial charge in [0.15, 0.2) is 0 Å². The third-order valence-corrected chi connectivity index (χ3v) is 7.07. The van der Waals surface area contributed by atoms with Gasteiger partial charge in [-0.15, -0.1) is 11.8 Å². The average molecular weight is 451 g/mol. The first-order valence-electron chi connectivity index (χ1n) is 9.77. The zero-order chi connectivity index (χ0) is 21.8. The van der Waals surface area contributed by atoms with E-state index in [9.17, 15) is 13.2 Å². The Kier molecular flexibility index (Phi) is 6.15. The highest BCUT2D eigenvalue weighted by atomic mass is 32.2. The molecule has 0 bridgehead atoms. The summed E-state index contributed by atoms with van der Waals surface area (Å²) < 4.78 is 27.3. The minimum atomic E-state index is -3.63. The van der Waals surface area contributed by atoms with Crippen LogP contribution in [0.25, 0.3) is 6.08 Å². The number of nitrogens with zero attached hydrogens (tertiary/aromatic N) is 1. The molecular formula is C24H22N2O3S2. The number of hydrogen-bond donors (Lipinski definition) is 1. The third-order valence-electron chi connectivity index (χ3n) is 4.84. The van der Waals surface area contributed by atoms with E-state index in [0.29, 0.717) is 11.4 Å². The fourth-order valence-electron chi connectivity index (χ4n) is 3.37. The molecule has 4 rings (SSSR count). The zero-order valence-corrected chi connectivity index (χ0v) is 18.6. The van der Waals surface area contributed by atoms with Crippen molar-refractivity contribution in [3.8, 4) is 0 Å². The van der Waals surface area contributed by atoms with Gasteiger partial charge in [0.05, 0.1) is 11.2 Å². The van der Waals surface area contributed by atoms with Crippen LogP contribution >= 0.6 is 11.8 Å². The zero-order valence-electron chi connectivity index (χ0n) is 16.9. The Morgan fingerprint density at radius 1 is 1.00 bits per heavy atom. The van der Waals surface area contributed by atoms with Crippen LogP contribution < -0.4 is 9.62 Å². The fourth-order valence-corrected chi connectivity index (χ4v) is 5.42. The van der Waals surface area contributed by atoms with Gasteiger partial charge in [-0.25, -0.2) is 8.42 Å². The molecule has 0 aliphatic carbocycles. The van der Waals surface area contributed by atoms with Gasteiger partial charge in [0.1, 0.15) is 5.37 Å². The van der Waals surface area contributed by atoms with Crippen LogP contribution in [0.1, 0.15) is 22.1 Å². The molecule has 0 aromatic heterocycles. The molecular weight excluding hydrogens is 428 g/mol. The van der Waals surface area contributed by atoms with Crippen LogP contribution in [0.4, 0.5) is 11.4 Å². The highest BCUT2D eigenvalue weighted by molar-refractivity contribution is 8.00. The lowest BCUT2D eigenvalue weighted by molar-refractivity contribution is -0.115. The molecule has 158 valence electrons. The molecule has 31 heavy (non-hydrogen) atoms. The van der Waals surface area contributed by atoms with Crippen LogP contribution in [0, 0.1) is 6.92 Å². The first-order chi connectivity index (χ1) is 14.9. The van der Waals surface area contributed by atoms with E-state index in [4.69, 9.17) is 0 Å². The molecule has 1 saturated heterocycles. The van der Waals surface area contributed by atoms with Crippen molar-refractivity contribution in [1.82, 2.24) is 0 Å². The average Bonchev–Trinajstić information content (AvgIpc) is 3.15. The first-order valence-corrected chi connectivity index (χ1v) is 12.4. The van der Waals surface area contributed by atoms with E-state index >= 15 is 0 Å². The lowest BCUT2D eigenvalue weighted by Gasteiger charge is -2.25. The van der Waals surface area contributed by atoms with Gasteiger partial charge < -0.3 is 0 Å². The predicted molar refractivity (Wildman–Crippen MR) is 128 cm³/mol. The van der Waals surface area contributed by atoms with Crippen molar-refractivity contribution < 1.29 is 13.2 Å². The van der Waals surface area contributed by atoms with Gasteiger partial charge in [0.25, 0.3) is 10.0 Å². The number of anilines is 2. The summed E-state index contributed by atoms with van der Waals surface area (Å²) in [6, 6.07) is 24.3. The lowest BCUT2D eigenvalue weighted by atomic mass is 10.1. The minimum Gasteiger partial charge on any atom is -0.295 e. The molecule has 1 amide bonds. The topological polar surface area (TPSA) is 66.5 Å². The number of thioether (sulfide) groups is 1. The number of aryl methyl sites for hydroxylation is 1. The van der Waals surface area contributed by atoms with Gasteiger partial charge in [-0.2, -0.15) is 0 Å². The van der Waals surface area contributed by atoms with Gasteiger partial charge in [-0.3, -0.25) is 14.4 Å². The van der Waals surface area contributed by atoms with E-state index in [0.717, 1.165) is 27.8 Å². The minimum absolute atomic E-state index is 0.0661. The van der Waals surface area contributed by atoms with Crippen molar-refractivity contribution >= 4 is 45.1 Å². The number of hydrogen-bond acceptors (Lipinski definition) is 4. The van der Waals surface area contributed by atoms with Crippen LogP contribution in [-0.4, -0.2) is 20.1 Å². The number of benzene rings is 3. The number of rotatable bonds is 6. The number of carbonyl (C=O) groups is 1. The van der Waals surface area contributed by atoms with Crippen LogP contribution in [0.5, 0.6) is 0 Å². The normalized spacial score (nSPS) is 16.7. The third kappa shape index (κ3) is 5.18. The van der Waals surface area contributed by atoms with E-state index in [-0.39, 0.29) is 11.3 Å². The summed E-state index contributed by atoms with van der Waals surface area (Å²) in [5.74, 6) is 0.480. The number of amides is 1. The monoisotopic (exact) mass is 450 g/mol. The summed E-state index contributed by atoms with van der Waals surface area (Å²) in [4.78, 5) is 14.3. The van der Waals surface area contributed by atoms with Crippen LogP contribution in [0.2, 0.25) is 0 Å². The van der Waals surface area contributed by atoms with Crippen molar-refractivity contribution in [1.29, 1.82) is 0 Å². The maximum atomic E-state index is 12.5. The second-order valence-corrected chi connectivity index (χ2v) is 9.88. The van der Waals surface area contributed by atoms with E-state index in [1.807, 2.05) is 73.7 Å². The van der Waals surface area contributed by atoms with Crippen LogP contribution in [0.15, 0.2) is 84.3 Å². The van der Waals surface area contributed by atoms with Crippen molar-refractivity contribution in [3.63, 3.8) is 0 Å². The highest BCUT2D eigenvalue weighted by Gasteiger charge is 2.34. The fraction of sp³-hybridized carbons (Fsp3) is 0.125. The van der Waals surface area contributed by atoms with E-state index in [1.165, 1.54) is 0 Å². The summed E-state index contributed by atoms with van der Waals surface area (Å²) in [6.07, 6.45) is 1.55. The Balaban J connectivity index is 1.50. The summed E-state index contributed by atoms with van der Waals surface area (Å²) in [5, 5.41) is 1.01. The molecule has 1 aliphatic heterocycles. The second kappa shape index (κ2) is 8.99. The summed E-state index contributed by atoms with van der Waals surface area (Å²) in [6.45, 7) is 2.00. The molecule has 5 nitrogen and oxygen atoms in total. The summed E-state index contributed by atoms with van der Waals surface area (Å²) in [7, 11) is -3.63. The summed E-state index contributed by atoms with van der Waals surface area (Å²) >= 11 is 1.56. The molecule has 0 radical (unpaired) electrons. The number of carbonyl (C=O) groups excluding carboxylic acids is 1. The molecule has 1 heterocycles. The van der Waals surface area contributed by atoms with E-state index in [1.54, 1.807) is 34.9 Å².